The predicted octanol–water partition coefficient (Wildman–Crippen LogP) is 18.3. The highest BCUT2D eigenvalue weighted by Crippen LogP contribution is 2.50. The summed E-state index contributed by atoms with van der Waals surface area (Å²) in [5, 5.41) is 4.44. The molecule has 0 saturated heterocycles. The average molecular weight is 857 g/mol. The van der Waals surface area contributed by atoms with E-state index in [1.807, 2.05) is 0 Å². The second-order valence-electron chi connectivity index (χ2n) is 16.9. The fraction of sp³-hybridized carbons (Fsp3) is 0. The summed E-state index contributed by atoms with van der Waals surface area (Å²) in [7, 11) is 0. The largest absolute Gasteiger partial charge is 0.454 e. The van der Waals surface area contributed by atoms with Gasteiger partial charge in [0.25, 0.3) is 0 Å². The third kappa shape index (κ3) is 7.49. The first kappa shape index (κ1) is 39.7. The van der Waals surface area contributed by atoms with Crippen LogP contribution in [0.15, 0.2) is 271 Å². The molecule has 0 aliphatic rings. The lowest BCUT2D eigenvalue weighted by atomic mass is 9.99. The van der Waals surface area contributed by atoms with Crippen molar-refractivity contribution in [2.24, 2.45) is 0 Å². The Labute approximate surface area is 390 Å². The Hall–Kier alpha value is -8.92. The number of hydrogen-bond donors (Lipinski definition) is 0. The van der Waals surface area contributed by atoms with Crippen LogP contribution in [0.1, 0.15) is 0 Å². The molecule has 0 unspecified atom stereocenters. The fourth-order valence-corrected chi connectivity index (χ4v) is 9.60. The van der Waals surface area contributed by atoms with Gasteiger partial charge in [-0.15, -0.1) is 0 Å². The molecule has 0 saturated carbocycles. The van der Waals surface area contributed by atoms with Crippen LogP contribution in [0.2, 0.25) is 0 Å². The number of nitrogens with zero attached hydrogens (tertiary/aromatic N) is 2. The van der Waals surface area contributed by atoms with Gasteiger partial charge >= 0.3 is 0 Å². The highest BCUT2D eigenvalue weighted by molar-refractivity contribution is 6.22. The van der Waals surface area contributed by atoms with Gasteiger partial charge in [-0.25, -0.2) is 0 Å². The Kier molecular flexibility index (Phi) is 10.2. The molecular formula is C64H44N2O. The monoisotopic (exact) mass is 856 g/mol. The number of furan rings is 1. The maximum Gasteiger partial charge on any atom is 0.159 e. The molecule has 0 amide bonds. The highest BCUT2D eigenvalue weighted by Gasteiger charge is 2.26. The van der Waals surface area contributed by atoms with Gasteiger partial charge in [0.15, 0.2) is 5.58 Å². The van der Waals surface area contributed by atoms with Crippen LogP contribution in [0, 0.1) is 0 Å². The lowest BCUT2D eigenvalue weighted by Crippen LogP contribution is -2.14. The van der Waals surface area contributed by atoms with Crippen LogP contribution in [0.25, 0.3) is 77.2 Å². The first-order valence-corrected chi connectivity index (χ1v) is 22.8. The Morgan fingerprint density at radius 3 is 1.24 bits per heavy atom. The SMILES string of the molecule is c1ccc(-c2ccc(N(c3ccc(-c4ccccc4)cc3)c3cc(N(c4ccc(-c5ccccc5)cc4)c4ccccc4-c4ccccc4)c4oc5ccc6ccccc6c5c4c3)cc2)cc1. The van der Waals surface area contributed by atoms with Gasteiger partial charge < -0.3 is 14.2 Å². The second kappa shape index (κ2) is 17.2. The first-order chi connectivity index (χ1) is 33.2. The van der Waals surface area contributed by atoms with Gasteiger partial charge in [0.05, 0.1) is 11.4 Å². The van der Waals surface area contributed by atoms with Crippen LogP contribution < -0.4 is 9.80 Å². The summed E-state index contributed by atoms with van der Waals surface area (Å²) in [6, 6.07) is 95.5. The molecule has 0 aliphatic heterocycles. The van der Waals surface area contributed by atoms with Gasteiger partial charge in [-0.2, -0.15) is 0 Å². The van der Waals surface area contributed by atoms with E-state index in [0.717, 1.165) is 94.7 Å². The standard InChI is InChI=1S/C64H44N2O/c1-5-17-45(18-6-1)48-29-36-53(37-30-48)65(54-38-31-49(32-39-54)46-19-7-2-8-20-46)56-43-59-63-58-27-14-13-25-52(58)35-42-62(63)67-64(59)61(44-56)66(55-40-33-50(34-41-55)47-21-9-3-10-22-47)60-28-16-15-26-57(60)51-23-11-4-12-24-51/h1-44H. The molecule has 0 N–H and O–H groups in total. The molecule has 316 valence electrons. The van der Waals surface area contributed by atoms with Crippen molar-refractivity contribution in [2.45, 2.75) is 0 Å². The maximum atomic E-state index is 7.17. The van der Waals surface area contributed by atoms with E-state index in [4.69, 9.17) is 4.42 Å². The molecule has 0 aliphatic carbocycles. The van der Waals surface area contributed by atoms with E-state index in [0.29, 0.717) is 0 Å². The van der Waals surface area contributed by atoms with Crippen LogP contribution >= 0.6 is 0 Å². The van der Waals surface area contributed by atoms with Crippen LogP contribution in [0.3, 0.4) is 0 Å². The minimum atomic E-state index is 0.809. The smallest absolute Gasteiger partial charge is 0.159 e. The summed E-state index contributed by atoms with van der Waals surface area (Å²) < 4.78 is 7.17. The zero-order valence-electron chi connectivity index (χ0n) is 36.7. The predicted molar refractivity (Wildman–Crippen MR) is 282 cm³/mol. The van der Waals surface area contributed by atoms with Crippen molar-refractivity contribution in [3.8, 4) is 44.5 Å². The molecule has 0 radical (unpaired) electrons. The van der Waals surface area contributed by atoms with Gasteiger partial charge in [0.2, 0.25) is 0 Å². The Balaban J connectivity index is 1.14. The summed E-state index contributed by atoms with van der Waals surface area (Å²) in [6.07, 6.45) is 0. The van der Waals surface area contributed by atoms with Gasteiger partial charge in [-0.1, -0.05) is 206 Å². The van der Waals surface area contributed by atoms with E-state index in [2.05, 4.69) is 277 Å². The van der Waals surface area contributed by atoms with E-state index < -0.39 is 0 Å². The molecule has 0 fully saturated rings. The Morgan fingerprint density at radius 2 is 0.701 bits per heavy atom. The molecule has 1 heterocycles. The summed E-state index contributed by atoms with van der Waals surface area (Å²) in [4.78, 5) is 4.78. The minimum absolute atomic E-state index is 0.809. The molecular weight excluding hydrogens is 813 g/mol. The van der Waals surface area contributed by atoms with Crippen LogP contribution in [-0.2, 0) is 0 Å². The number of benzene rings is 11. The molecule has 3 heteroatoms. The quantitative estimate of drug-likeness (QED) is 0.137. The number of fused-ring (bicyclic) bond motifs is 5. The summed E-state index contributed by atoms with van der Waals surface area (Å²) >= 11 is 0. The first-order valence-electron chi connectivity index (χ1n) is 22.8. The summed E-state index contributed by atoms with van der Waals surface area (Å²) in [5.41, 5.74) is 17.0. The zero-order valence-corrected chi connectivity index (χ0v) is 36.7. The zero-order chi connectivity index (χ0) is 44.5. The number of anilines is 6. The molecule has 1 aromatic heterocycles. The second-order valence-corrected chi connectivity index (χ2v) is 16.9. The van der Waals surface area contributed by atoms with E-state index in [1.165, 1.54) is 16.7 Å². The molecule has 67 heavy (non-hydrogen) atoms. The normalized spacial score (nSPS) is 11.3. The molecule has 3 nitrogen and oxygen atoms in total. The van der Waals surface area contributed by atoms with Crippen LogP contribution in [0.5, 0.6) is 0 Å². The molecule has 0 spiro atoms. The van der Waals surface area contributed by atoms with Gasteiger partial charge in [0, 0.05) is 39.1 Å². The number of hydrogen-bond acceptors (Lipinski definition) is 3. The third-order valence-electron chi connectivity index (χ3n) is 12.9. The topological polar surface area (TPSA) is 19.6 Å². The fourth-order valence-electron chi connectivity index (χ4n) is 9.60. The minimum Gasteiger partial charge on any atom is -0.454 e. The molecule has 12 aromatic rings. The maximum absolute atomic E-state index is 7.17. The van der Waals surface area contributed by atoms with Crippen LogP contribution in [0.4, 0.5) is 34.1 Å². The Morgan fingerprint density at radius 1 is 0.269 bits per heavy atom. The van der Waals surface area contributed by atoms with Crippen molar-refractivity contribution in [3.05, 3.63) is 267 Å². The number of para-hydroxylation sites is 1. The molecule has 12 rings (SSSR count). The van der Waals surface area contributed by atoms with E-state index in [-0.39, 0.29) is 0 Å². The third-order valence-corrected chi connectivity index (χ3v) is 12.9. The van der Waals surface area contributed by atoms with Gasteiger partial charge in [-0.3, -0.25) is 0 Å². The Bertz CT molecular complexity index is 3560. The van der Waals surface area contributed by atoms with Crippen molar-refractivity contribution in [3.63, 3.8) is 0 Å². The van der Waals surface area contributed by atoms with Crippen molar-refractivity contribution in [1.82, 2.24) is 0 Å². The summed E-state index contributed by atoms with van der Waals surface area (Å²) in [6.45, 7) is 0. The van der Waals surface area contributed by atoms with Crippen molar-refractivity contribution in [1.29, 1.82) is 0 Å². The van der Waals surface area contributed by atoms with E-state index >= 15 is 0 Å². The molecule has 0 atom stereocenters. The molecule has 11 aromatic carbocycles. The van der Waals surface area contributed by atoms with Crippen molar-refractivity contribution in [2.75, 3.05) is 9.80 Å². The lowest BCUT2D eigenvalue weighted by Gasteiger charge is -2.31. The van der Waals surface area contributed by atoms with Gasteiger partial charge in [0.1, 0.15) is 5.58 Å². The summed E-state index contributed by atoms with van der Waals surface area (Å²) in [5.74, 6) is 0. The van der Waals surface area contributed by atoms with Crippen molar-refractivity contribution < 1.29 is 4.42 Å². The lowest BCUT2D eigenvalue weighted by molar-refractivity contribution is 0.669. The van der Waals surface area contributed by atoms with E-state index in [9.17, 15) is 0 Å². The average Bonchev–Trinajstić information content (AvgIpc) is 3.80. The van der Waals surface area contributed by atoms with Gasteiger partial charge in [-0.05, 0) is 110 Å². The van der Waals surface area contributed by atoms with Crippen molar-refractivity contribution >= 4 is 66.8 Å². The van der Waals surface area contributed by atoms with E-state index in [1.54, 1.807) is 0 Å². The van der Waals surface area contributed by atoms with Crippen LogP contribution in [-0.4, -0.2) is 0 Å². The number of rotatable bonds is 10. The molecule has 0 bridgehead atoms. The highest BCUT2D eigenvalue weighted by atomic mass is 16.3.